The van der Waals surface area contributed by atoms with Gasteiger partial charge < -0.3 is 30.9 Å². The quantitative estimate of drug-likeness (QED) is 0.0970. The van der Waals surface area contributed by atoms with Gasteiger partial charge in [0.05, 0.1) is 39.7 Å². The van der Waals surface area contributed by atoms with E-state index in [0.29, 0.717) is 12.8 Å². The van der Waals surface area contributed by atoms with E-state index in [2.05, 4.69) is 45.1 Å². The number of amides is 5. The van der Waals surface area contributed by atoms with Gasteiger partial charge >= 0.3 is 12.1 Å². The van der Waals surface area contributed by atoms with Crippen molar-refractivity contribution in [1.29, 1.82) is 0 Å². The summed E-state index contributed by atoms with van der Waals surface area (Å²) >= 11 is 2.95. The Labute approximate surface area is 313 Å². The molecule has 52 heavy (non-hydrogen) atoms. The van der Waals surface area contributed by atoms with Crippen molar-refractivity contribution in [3.8, 4) is 0 Å². The third kappa shape index (κ3) is 13.9. The number of nitrogens with zero attached hydrogens (tertiary/aromatic N) is 3. The van der Waals surface area contributed by atoms with Crippen molar-refractivity contribution in [1.82, 2.24) is 36.1 Å². The average molecular weight is 746 g/mol. The molecule has 2 heterocycles. The Balaban J connectivity index is 1.50. The van der Waals surface area contributed by atoms with Crippen LogP contribution in [0.25, 0.3) is 0 Å². The molecule has 2 aromatic carbocycles. The van der Waals surface area contributed by atoms with E-state index < -0.39 is 36.2 Å². The fraction of sp³-hybridized carbons (Fsp3) is 0.368. The van der Waals surface area contributed by atoms with Crippen LogP contribution in [-0.2, 0) is 40.3 Å². The lowest BCUT2D eigenvalue weighted by Gasteiger charge is -2.25. The summed E-state index contributed by atoms with van der Waals surface area (Å²) in [5.74, 6) is -0.366. The largest absolute Gasteiger partial charge is 0.444 e. The highest BCUT2D eigenvalue weighted by Crippen LogP contribution is 2.20. The average Bonchev–Trinajstić information content (AvgIpc) is 3.83. The summed E-state index contributed by atoms with van der Waals surface area (Å²) in [6.07, 6.45) is 5.89. The molecule has 0 spiro atoms. The summed E-state index contributed by atoms with van der Waals surface area (Å²) in [5.41, 5.74) is 4.44. The zero-order chi connectivity index (χ0) is 37.3. The Kier molecular flexibility index (Phi) is 15.8. The van der Waals surface area contributed by atoms with E-state index in [4.69, 9.17) is 4.74 Å². The summed E-state index contributed by atoms with van der Waals surface area (Å²) in [5, 5.41) is 14.5. The molecule has 0 aliphatic heterocycles. The second-order valence-electron chi connectivity index (χ2n) is 12.6. The number of thiazole rings is 2. The molecule has 0 aliphatic rings. The van der Waals surface area contributed by atoms with E-state index in [1.807, 2.05) is 78.2 Å². The van der Waals surface area contributed by atoms with E-state index >= 15 is 0 Å². The van der Waals surface area contributed by atoms with Crippen LogP contribution in [-0.4, -0.2) is 70.5 Å². The van der Waals surface area contributed by atoms with Crippen molar-refractivity contribution < 1.29 is 23.9 Å². The third-order valence-electron chi connectivity index (χ3n) is 7.86. The van der Waals surface area contributed by atoms with Crippen molar-refractivity contribution in [2.45, 2.75) is 77.2 Å². The highest BCUT2D eigenvalue weighted by Gasteiger charge is 2.25. The van der Waals surface area contributed by atoms with Crippen molar-refractivity contribution in [2.24, 2.45) is 0 Å². The molecule has 2 aromatic heterocycles. The van der Waals surface area contributed by atoms with Crippen LogP contribution in [0.1, 0.15) is 59.8 Å². The molecule has 14 heteroatoms. The number of alkyl carbamates (subject to hydrolysis) is 1. The van der Waals surface area contributed by atoms with Crippen LogP contribution < -0.4 is 21.3 Å². The first-order valence-corrected chi connectivity index (χ1v) is 18.9. The summed E-state index contributed by atoms with van der Waals surface area (Å²) in [4.78, 5) is 62.7. The van der Waals surface area contributed by atoms with E-state index in [1.165, 1.54) is 23.2 Å². The summed E-state index contributed by atoms with van der Waals surface area (Å²) in [7, 11) is 1.65. The number of benzene rings is 2. The minimum atomic E-state index is -0.949. The molecule has 4 rings (SSSR count). The number of urea groups is 1. The maximum Gasteiger partial charge on any atom is 0.407 e. The van der Waals surface area contributed by atoms with Gasteiger partial charge in [0.15, 0.2) is 0 Å². The molecule has 4 N–H and O–H groups in total. The van der Waals surface area contributed by atoms with E-state index in [1.54, 1.807) is 30.1 Å². The molecule has 0 saturated carbocycles. The minimum Gasteiger partial charge on any atom is -0.444 e. The van der Waals surface area contributed by atoms with Crippen LogP contribution in [0.15, 0.2) is 89.9 Å². The van der Waals surface area contributed by atoms with Gasteiger partial charge in [0.1, 0.15) is 12.6 Å². The molecule has 3 atom stereocenters. The first kappa shape index (κ1) is 39.7. The van der Waals surface area contributed by atoms with Gasteiger partial charge in [-0.15, -0.1) is 22.7 Å². The standard InChI is InChI=1S/C38H47N7O5S2/c1-26(2)36-42-32(24-51-36)22-45(4)37(48)44-34(17-18-40-27(3)46)35(47)41-30(19-28-11-7-5-8-12-28)15-16-31(20-29-13-9-6-10-14-29)43-38(49)50-23-33-21-39-25-52-33/h5-16,21,24-26,30-31,34H,17-20,22-23H2,1-4H3,(H,40,46)(H,41,47)(H,43,49)(H,44,48)/b16-15+. The van der Waals surface area contributed by atoms with E-state index in [-0.39, 0.29) is 37.9 Å². The Bertz CT molecular complexity index is 1730. The Morgan fingerprint density at radius 3 is 2.08 bits per heavy atom. The lowest BCUT2D eigenvalue weighted by Crippen LogP contribution is -2.53. The molecule has 4 aromatic rings. The second kappa shape index (κ2) is 20.7. The molecule has 0 fully saturated rings. The maximum atomic E-state index is 13.9. The van der Waals surface area contributed by atoms with Crippen molar-refractivity contribution >= 4 is 46.6 Å². The van der Waals surface area contributed by atoms with Gasteiger partial charge in [-0.2, -0.15) is 0 Å². The number of carbonyl (C=O) groups is 4. The molecule has 0 bridgehead atoms. The van der Waals surface area contributed by atoms with E-state index in [9.17, 15) is 19.2 Å². The maximum absolute atomic E-state index is 13.9. The molecular formula is C38H47N7O5S2. The third-order valence-corrected chi connectivity index (χ3v) is 9.81. The fourth-order valence-electron chi connectivity index (χ4n) is 5.16. The molecule has 0 radical (unpaired) electrons. The first-order valence-electron chi connectivity index (χ1n) is 17.1. The topological polar surface area (TPSA) is 155 Å². The fourth-order valence-corrected chi connectivity index (χ4v) is 6.49. The predicted octanol–water partition coefficient (Wildman–Crippen LogP) is 5.58. The normalized spacial score (nSPS) is 12.9. The number of hydrogen-bond acceptors (Lipinski definition) is 9. The first-order chi connectivity index (χ1) is 25.0. The highest BCUT2D eigenvalue weighted by atomic mass is 32.1. The molecule has 12 nitrogen and oxygen atoms in total. The zero-order valence-electron chi connectivity index (χ0n) is 29.9. The molecule has 5 amide bonds. The Morgan fingerprint density at radius 1 is 0.885 bits per heavy atom. The highest BCUT2D eigenvalue weighted by molar-refractivity contribution is 7.09. The van der Waals surface area contributed by atoms with Crippen LogP contribution in [0.3, 0.4) is 0 Å². The van der Waals surface area contributed by atoms with Gasteiger partial charge in [0.25, 0.3) is 0 Å². The Hall–Kier alpha value is -5.08. The minimum absolute atomic E-state index is 0.106. The van der Waals surface area contributed by atoms with E-state index in [0.717, 1.165) is 26.7 Å². The number of ether oxygens (including phenoxy) is 1. The van der Waals surface area contributed by atoms with Crippen LogP contribution in [0.2, 0.25) is 0 Å². The van der Waals surface area contributed by atoms with Crippen molar-refractivity contribution in [3.05, 3.63) is 117 Å². The smallest absolute Gasteiger partial charge is 0.407 e. The number of rotatable bonds is 18. The number of carbonyl (C=O) groups excluding carboxylic acids is 4. The lowest BCUT2D eigenvalue weighted by molar-refractivity contribution is -0.124. The SMILES string of the molecule is CC(=O)NCCC(NC(=O)N(C)Cc1csc(C(C)C)n1)C(=O)NC(/C=C/C(Cc1ccccc1)NC(=O)OCc1cncs1)Cc1ccccc1. The summed E-state index contributed by atoms with van der Waals surface area (Å²) in [6, 6.07) is 17.1. The van der Waals surface area contributed by atoms with Crippen LogP contribution in [0, 0.1) is 0 Å². The molecule has 0 saturated heterocycles. The van der Waals surface area contributed by atoms with Crippen LogP contribution in [0.4, 0.5) is 9.59 Å². The van der Waals surface area contributed by atoms with Gasteiger partial charge in [-0.05, 0) is 30.4 Å². The second-order valence-corrected chi connectivity index (χ2v) is 14.5. The van der Waals surface area contributed by atoms with Crippen LogP contribution >= 0.6 is 22.7 Å². The predicted molar refractivity (Wildman–Crippen MR) is 204 cm³/mol. The van der Waals surface area contributed by atoms with Crippen LogP contribution in [0.5, 0.6) is 0 Å². The van der Waals surface area contributed by atoms with Gasteiger partial charge in [-0.3, -0.25) is 14.6 Å². The number of nitrogens with one attached hydrogen (secondary N) is 4. The monoisotopic (exact) mass is 745 g/mol. The Morgan fingerprint density at radius 2 is 1.52 bits per heavy atom. The van der Waals surface area contributed by atoms with Gasteiger partial charge in [0.2, 0.25) is 11.8 Å². The van der Waals surface area contributed by atoms with Gasteiger partial charge in [0, 0.05) is 38.0 Å². The lowest BCUT2D eigenvalue weighted by atomic mass is 10.0. The summed E-state index contributed by atoms with van der Waals surface area (Å²) in [6.45, 7) is 6.10. The molecule has 0 aliphatic carbocycles. The number of hydrogen-bond donors (Lipinski definition) is 4. The van der Waals surface area contributed by atoms with Gasteiger partial charge in [-0.1, -0.05) is 86.7 Å². The molecule has 3 unspecified atom stereocenters. The van der Waals surface area contributed by atoms with Crippen molar-refractivity contribution in [2.75, 3.05) is 13.6 Å². The molecular weight excluding hydrogens is 699 g/mol. The number of aromatic nitrogens is 2. The summed E-state index contributed by atoms with van der Waals surface area (Å²) < 4.78 is 5.45. The van der Waals surface area contributed by atoms with Crippen molar-refractivity contribution in [3.63, 3.8) is 0 Å². The zero-order valence-corrected chi connectivity index (χ0v) is 31.5. The van der Waals surface area contributed by atoms with Gasteiger partial charge in [-0.25, -0.2) is 14.6 Å². The molecule has 276 valence electrons.